The normalized spacial score (nSPS) is 15.6. The van der Waals surface area contributed by atoms with E-state index in [-0.39, 0.29) is 24.0 Å². The molecule has 1 aromatic carbocycles. The van der Waals surface area contributed by atoms with Gasteiger partial charge in [-0.1, -0.05) is 44.2 Å². The van der Waals surface area contributed by atoms with Crippen LogP contribution < -0.4 is 5.32 Å². The van der Waals surface area contributed by atoms with E-state index in [4.69, 9.17) is 4.42 Å². The Morgan fingerprint density at radius 1 is 1.12 bits per heavy atom. The Morgan fingerprint density at radius 3 is 2.46 bits per heavy atom. The van der Waals surface area contributed by atoms with Crippen molar-refractivity contribution in [2.24, 2.45) is 0 Å². The number of hydrogen-bond acceptors (Lipinski definition) is 5. The predicted molar refractivity (Wildman–Crippen MR) is 97.2 cm³/mol. The molecule has 1 unspecified atom stereocenters. The second kappa shape index (κ2) is 7.64. The van der Waals surface area contributed by atoms with Gasteiger partial charge >= 0.3 is 0 Å². The maximum atomic E-state index is 12.5. The lowest BCUT2D eigenvalue weighted by Crippen LogP contribution is -2.27. The van der Waals surface area contributed by atoms with Crippen LogP contribution in [-0.2, 0) is 9.59 Å². The lowest BCUT2D eigenvalue weighted by molar-refractivity contribution is -0.123. The van der Waals surface area contributed by atoms with Gasteiger partial charge in [0.1, 0.15) is 6.04 Å². The zero-order valence-electron chi connectivity index (χ0n) is 15.3. The standard InChI is InChI=1S/C20H23N3O3/c1-12(2)19-22-23-20(26-19)13(3)21-18(25)11-16-15(9-10-17(16)24)14-7-5-4-6-8-14/h4-8,12-13H,9-11H2,1-3H3,(H,21,25). The summed E-state index contributed by atoms with van der Waals surface area (Å²) in [6.07, 6.45) is 1.21. The van der Waals surface area contributed by atoms with Gasteiger partial charge in [0.25, 0.3) is 0 Å². The smallest absolute Gasteiger partial charge is 0.238 e. The lowest BCUT2D eigenvalue weighted by Gasteiger charge is -2.11. The second-order valence-corrected chi connectivity index (χ2v) is 6.85. The van der Waals surface area contributed by atoms with Crippen molar-refractivity contribution in [2.45, 2.75) is 52.0 Å². The largest absolute Gasteiger partial charge is 0.423 e. The van der Waals surface area contributed by atoms with Crippen LogP contribution in [0.1, 0.15) is 69.3 Å². The summed E-state index contributed by atoms with van der Waals surface area (Å²) >= 11 is 0. The first-order valence-electron chi connectivity index (χ1n) is 8.89. The average Bonchev–Trinajstić information content (AvgIpc) is 3.24. The second-order valence-electron chi connectivity index (χ2n) is 6.85. The minimum absolute atomic E-state index is 0.0477. The maximum absolute atomic E-state index is 12.5. The molecule has 3 rings (SSSR count). The Hall–Kier alpha value is -2.76. The van der Waals surface area contributed by atoms with Gasteiger partial charge in [0, 0.05) is 17.9 Å². The summed E-state index contributed by atoms with van der Waals surface area (Å²) in [7, 11) is 0. The van der Waals surface area contributed by atoms with Crippen LogP contribution in [0.3, 0.4) is 0 Å². The number of benzene rings is 1. The van der Waals surface area contributed by atoms with E-state index in [1.165, 1.54) is 0 Å². The van der Waals surface area contributed by atoms with Crippen LogP contribution in [0.25, 0.3) is 5.57 Å². The van der Waals surface area contributed by atoms with E-state index < -0.39 is 6.04 Å². The molecule has 1 aliphatic carbocycles. The third-order valence-electron chi connectivity index (χ3n) is 4.46. The van der Waals surface area contributed by atoms with Crippen molar-refractivity contribution in [1.82, 2.24) is 15.5 Å². The molecule has 1 heterocycles. The highest BCUT2D eigenvalue weighted by Crippen LogP contribution is 2.33. The van der Waals surface area contributed by atoms with Crippen molar-refractivity contribution in [3.05, 3.63) is 53.2 Å². The van der Waals surface area contributed by atoms with Gasteiger partial charge < -0.3 is 9.73 Å². The molecule has 136 valence electrons. The molecule has 0 aliphatic heterocycles. The van der Waals surface area contributed by atoms with Crippen LogP contribution >= 0.6 is 0 Å². The van der Waals surface area contributed by atoms with E-state index in [0.29, 0.717) is 30.2 Å². The van der Waals surface area contributed by atoms with Crippen LogP contribution in [0.2, 0.25) is 0 Å². The Labute approximate surface area is 152 Å². The van der Waals surface area contributed by atoms with Crippen LogP contribution in [0, 0.1) is 0 Å². The quantitative estimate of drug-likeness (QED) is 0.858. The van der Waals surface area contributed by atoms with Gasteiger partial charge in [0.15, 0.2) is 5.78 Å². The summed E-state index contributed by atoms with van der Waals surface area (Å²) in [4.78, 5) is 24.7. The van der Waals surface area contributed by atoms with Crippen molar-refractivity contribution in [3.8, 4) is 0 Å². The zero-order valence-corrected chi connectivity index (χ0v) is 15.3. The van der Waals surface area contributed by atoms with E-state index >= 15 is 0 Å². The predicted octanol–water partition coefficient (Wildman–Crippen LogP) is 3.58. The Bertz CT molecular complexity index is 837. The van der Waals surface area contributed by atoms with Crippen LogP contribution in [0.15, 0.2) is 40.3 Å². The Balaban J connectivity index is 1.70. The Morgan fingerprint density at radius 2 is 1.81 bits per heavy atom. The minimum Gasteiger partial charge on any atom is -0.423 e. The number of ketones is 1. The summed E-state index contributed by atoms with van der Waals surface area (Å²) in [5, 5.41) is 10.8. The monoisotopic (exact) mass is 353 g/mol. The molecular weight excluding hydrogens is 330 g/mol. The lowest BCUT2D eigenvalue weighted by atomic mass is 10.00. The number of nitrogens with zero attached hydrogens (tertiary/aromatic N) is 2. The number of hydrogen-bond donors (Lipinski definition) is 1. The molecule has 0 bridgehead atoms. The van der Waals surface area contributed by atoms with E-state index in [9.17, 15) is 9.59 Å². The van der Waals surface area contributed by atoms with Gasteiger partial charge in [-0.25, -0.2) is 0 Å². The first-order valence-corrected chi connectivity index (χ1v) is 8.89. The fourth-order valence-electron chi connectivity index (χ4n) is 3.04. The van der Waals surface area contributed by atoms with Gasteiger partial charge in [-0.3, -0.25) is 9.59 Å². The minimum atomic E-state index is -0.403. The van der Waals surface area contributed by atoms with Crippen molar-refractivity contribution in [1.29, 1.82) is 0 Å². The summed E-state index contributed by atoms with van der Waals surface area (Å²) in [6, 6.07) is 9.35. The molecule has 26 heavy (non-hydrogen) atoms. The number of Topliss-reactive ketones (excluding diaryl/α,β-unsaturated/α-hetero) is 1. The number of amides is 1. The third kappa shape index (κ3) is 3.90. The third-order valence-corrected chi connectivity index (χ3v) is 4.46. The molecule has 0 saturated carbocycles. The van der Waals surface area contributed by atoms with E-state index in [1.807, 2.05) is 44.2 Å². The molecule has 1 N–H and O–H groups in total. The van der Waals surface area contributed by atoms with Gasteiger partial charge in [-0.05, 0) is 24.5 Å². The molecule has 1 aromatic heterocycles. The van der Waals surface area contributed by atoms with E-state index in [1.54, 1.807) is 6.92 Å². The number of carbonyl (C=O) groups is 2. The van der Waals surface area contributed by atoms with Crippen molar-refractivity contribution < 1.29 is 14.0 Å². The van der Waals surface area contributed by atoms with Crippen LogP contribution in [0.5, 0.6) is 0 Å². The number of rotatable bonds is 6. The number of aromatic nitrogens is 2. The Kier molecular flexibility index (Phi) is 5.30. The highest BCUT2D eigenvalue weighted by Gasteiger charge is 2.26. The molecule has 1 aliphatic rings. The van der Waals surface area contributed by atoms with Gasteiger partial charge in [0.05, 0.1) is 6.42 Å². The first-order chi connectivity index (χ1) is 12.5. The van der Waals surface area contributed by atoms with Gasteiger partial charge in [-0.15, -0.1) is 10.2 Å². The summed E-state index contributed by atoms with van der Waals surface area (Å²) in [6.45, 7) is 5.71. The van der Waals surface area contributed by atoms with Crippen molar-refractivity contribution in [2.75, 3.05) is 0 Å². The molecule has 1 amide bonds. The first kappa shape index (κ1) is 18.0. The molecular formula is C20H23N3O3. The zero-order chi connectivity index (χ0) is 18.7. The van der Waals surface area contributed by atoms with Crippen LogP contribution in [0.4, 0.5) is 0 Å². The number of carbonyl (C=O) groups excluding carboxylic acids is 2. The molecule has 0 spiro atoms. The molecule has 1 atom stereocenters. The van der Waals surface area contributed by atoms with Gasteiger partial charge in [0.2, 0.25) is 17.7 Å². The molecule has 0 radical (unpaired) electrons. The molecule has 6 heteroatoms. The highest BCUT2D eigenvalue weighted by atomic mass is 16.4. The van der Waals surface area contributed by atoms with Crippen LogP contribution in [-0.4, -0.2) is 21.9 Å². The van der Waals surface area contributed by atoms with Crippen molar-refractivity contribution in [3.63, 3.8) is 0 Å². The summed E-state index contributed by atoms with van der Waals surface area (Å²) in [5.74, 6) is 0.874. The molecule has 0 fully saturated rings. The molecule has 6 nitrogen and oxygen atoms in total. The fraction of sp³-hybridized carbons (Fsp3) is 0.400. The SMILES string of the molecule is CC(C)c1nnc(C(C)NC(=O)CC2=C(c3ccccc3)CCC2=O)o1. The van der Waals surface area contributed by atoms with E-state index in [2.05, 4.69) is 15.5 Å². The fourth-order valence-corrected chi connectivity index (χ4v) is 3.04. The maximum Gasteiger partial charge on any atom is 0.238 e. The van der Waals surface area contributed by atoms with Gasteiger partial charge in [-0.2, -0.15) is 0 Å². The summed E-state index contributed by atoms with van der Waals surface area (Å²) in [5.41, 5.74) is 2.58. The van der Waals surface area contributed by atoms with E-state index in [0.717, 1.165) is 11.1 Å². The highest BCUT2D eigenvalue weighted by molar-refractivity contribution is 6.10. The topological polar surface area (TPSA) is 85.1 Å². The summed E-state index contributed by atoms with van der Waals surface area (Å²) < 4.78 is 5.57. The number of allylic oxidation sites excluding steroid dienone is 1. The molecule has 2 aromatic rings. The van der Waals surface area contributed by atoms with Crippen molar-refractivity contribution >= 4 is 17.3 Å². The number of nitrogens with one attached hydrogen (secondary N) is 1. The molecule has 0 saturated heterocycles. The average molecular weight is 353 g/mol.